The second kappa shape index (κ2) is 9.10. The molecule has 0 bridgehead atoms. The Balaban J connectivity index is 1.46. The number of carboxylic acid groups (broad SMARTS) is 1. The lowest BCUT2D eigenvalue weighted by atomic mass is 9.74. The van der Waals surface area contributed by atoms with E-state index in [2.05, 4.69) is 17.4 Å². The normalized spacial score (nSPS) is 19.9. The first-order chi connectivity index (χ1) is 16.2. The van der Waals surface area contributed by atoms with Crippen molar-refractivity contribution in [2.75, 3.05) is 20.3 Å². The van der Waals surface area contributed by atoms with Gasteiger partial charge in [-0.05, 0) is 29.2 Å². The largest absolute Gasteiger partial charge is 0.480 e. The molecule has 2 aromatic rings. The maximum atomic E-state index is 13.2. The van der Waals surface area contributed by atoms with Crippen molar-refractivity contribution >= 4 is 18.0 Å². The fourth-order valence-electron chi connectivity index (χ4n) is 5.06. The van der Waals surface area contributed by atoms with Crippen LogP contribution in [0.1, 0.15) is 37.8 Å². The molecule has 34 heavy (non-hydrogen) atoms. The number of nitrogens with one attached hydrogen (secondary N) is 1. The number of methoxy groups -OCH3 is 1. The van der Waals surface area contributed by atoms with Crippen molar-refractivity contribution in [3.63, 3.8) is 0 Å². The highest BCUT2D eigenvalue weighted by atomic mass is 16.5. The number of carbonyl (C=O) groups is 3. The van der Waals surface area contributed by atoms with Crippen molar-refractivity contribution < 1.29 is 29.0 Å². The average Bonchev–Trinajstić information content (AvgIpc) is 3.12. The molecule has 2 amide bonds. The average molecular weight is 467 g/mol. The van der Waals surface area contributed by atoms with E-state index in [1.807, 2.05) is 36.4 Å². The van der Waals surface area contributed by atoms with Gasteiger partial charge in [-0.1, -0.05) is 62.4 Å². The molecule has 0 saturated carbocycles. The van der Waals surface area contributed by atoms with Crippen LogP contribution in [0.25, 0.3) is 11.1 Å². The van der Waals surface area contributed by atoms with E-state index in [1.54, 1.807) is 20.8 Å². The minimum absolute atomic E-state index is 0.108. The summed E-state index contributed by atoms with van der Waals surface area (Å²) in [6.07, 6.45) is -1.43. The lowest BCUT2D eigenvalue weighted by Gasteiger charge is -2.52. The zero-order valence-electron chi connectivity index (χ0n) is 19.8. The zero-order chi connectivity index (χ0) is 24.6. The number of carbonyl (C=O) groups excluding carboxylic acids is 2. The molecule has 1 saturated heterocycles. The molecule has 1 fully saturated rings. The molecular weight excluding hydrogens is 436 g/mol. The van der Waals surface area contributed by atoms with Gasteiger partial charge in [0, 0.05) is 25.0 Å². The number of carboxylic acids is 1. The van der Waals surface area contributed by atoms with Gasteiger partial charge in [0.15, 0.2) is 0 Å². The summed E-state index contributed by atoms with van der Waals surface area (Å²) in [7, 11) is 1.43. The number of hydrogen-bond donors (Lipinski definition) is 2. The van der Waals surface area contributed by atoms with Crippen LogP contribution in [0.5, 0.6) is 0 Å². The fourth-order valence-corrected chi connectivity index (χ4v) is 5.06. The van der Waals surface area contributed by atoms with E-state index in [0.717, 1.165) is 22.3 Å². The van der Waals surface area contributed by atoms with Gasteiger partial charge in [0.25, 0.3) is 0 Å². The number of likely N-dealkylation sites (tertiary alicyclic amines) is 1. The van der Waals surface area contributed by atoms with E-state index >= 15 is 0 Å². The monoisotopic (exact) mass is 466 g/mol. The van der Waals surface area contributed by atoms with Gasteiger partial charge in [-0.2, -0.15) is 0 Å². The van der Waals surface area contributed by atoms with Crippen LogP contribution in [-0.2, 0) is 19.1 Å². The zero-order valence-corrected chi connectivity index (χ0v) is 19.8. The Morgan fingerprint density at radius 3 is 2.15 bits per heavy atom. The summed E-state index contributed by atoms with van der Waals surface area (Å²) in [6.45, 7) is 5.62. The molecule has 0 aromatic heterocycles. The molecule has 3 atom stereocenters. The highest BCUT2D eigenvalue weighted by Gasteiger charge is 2.54. The Morgan fingerprint density at radius 1 is 1.09 bits per heavy atom. The number of alkyl carbamates (subject to hydrolysis) is 1. The molecule has 180 valence electrons. The van der Waals surface area contributed by atoms with Gasteiger partial charge in [0.2, 0.25) is 5.91 Å². The first-order valence-corrected chi connectivity index (χ1v) is 11.3. The molecule has 8 nitrogen and oxygen atoms in total. The Hall–Kier alpha value is -3.39. The van der Waals surface area contributed by atoms with Gasteiger partial charge in [-0.3, -0.25) is 4.79 Å². The molecule has 4 rings (SSSR count). The Labute approximate surface area is 198 Å². The van der Waals surface area contributed by atoms with Gasteiger partial charge in [-0.15, -0.1) is 0 Å². The van der Waals surface area contributed by atoms with Crippen molar-refractivity contribution in [2.45, 2.75) is 44.9 Å². The molecule has 1 aliphatic carbocycles. The minimum atomic E-state index is -1.07. The number of rotatable bonds is 7. The second-order valence-corrected chi connectivity index (χ2v) is 9.58. The molecule has 1 aliphatic heterocycles. The number of amides is 2. The molecule has 8 heteroatoms. The Kier molecular flexibility index (Phi) is 6.36. The standard InChI is InChI=1S/C26H30N2O6/c1-15(33-4)21(23(29)28-14-26(2,3)22(28)24(30)31)27-25(32)34-13-20-18-11-7-5-9-16(18)17-10-6-8-12-19(17)20/h5-12,15,20-22H,13-14H2,1-4H3,(H,27,32)(H,30,31). The van der Waals surface area contributed by atoms with Crippen LogP contribution in [0.3, 0.4) is 0 Å². The number of ether oxygens (including phenoxy) is 2. The van der Waals surface area contributed by atoms with Crippen molar-refractivity contribution in [3.8, 4) is 11.1 Å². The van der Waals surface area contributed by atoms with Crippen LogP contribution in [0.4, 0.5) is 4.79 Å². The van der Waals surface area contributed by atoms with Crippen LogP contribution < -0.4 is 5.32 Å². The molecule has 2 aromatic carbocycles. The maximum absolute atomic E-state index is 13.2. The van der Waals surface area contributed by atoms with E-state index in [-0.39, 0.29) is 19.1 Å². The lowest BCUT2D eigenvalue weighted by Crippen LogP contribution is -2.70. The molecule has 2 N–H and O–H groups in total. The smallest absolute Gasteiger partial charge is 0.407 e. The molecule has 0 spiro atoms. The van der Waals surface area contributed by atoms with Crippen LogP contribution in [0.15, 0.2) is 48.5 Å². The van der Waals surface area contributed by atoms with Gasteiger partial charge in [0.1, 0.15) is 18.7 Å². The summed E-state index contributed by atoms with van der Waals surface area (Å²) in [5.41, 5.74) is 3.86. The minimum Gasteiger partial charge on any atom is -0.480 e. The Morgan fingerprint density at radius 2 is 1.65 bits per heavy atom. The van der Waals surface area contributed by atoms with E-state index in [0.29, 0.717) is 0 Å². The van der Waals surface area contributed by atoms with Crippen LogP contribution >= 0.6 is 0 Å². The first-order valence-electron chi connectivity index (χ1n) is 11.3. The summed E-state index contributed by atoms with van der Waals surface area (Å²) in [5, 5.41) is 12.2. The van der Waals surface area contributed by atoms with Gasteiger partial charge in [-0.25, -0.2) is 9.59 Å². The van der Waals surface area contributed by atoms with Crippen LogP contribution in [-0.4, -0.2) is 66.4 Å². The van der Waals surface area contributed by atoms with E-state index < -0.39 is 41.6 Å². The van der Waals surface area contributed by atoms with Crippen molar-refractivity contribution in [1.82, 2.24) is 10.2 Å². The van der Waals surface area contributed by atoms with Gasteiger partial charge >= 0.3 is 12.1 Å². The predicted octanol–water partition coefficient (Wildman–Crippen LogP) is 3.25. The topological polar surface area (TPSA) is 105 Å². The third-order valence-electron chi connectivity index (χ3n) is 6.87. The van der Waals surface area contributed by atoms with Crippen molar-refractivity contribution in [1.29, 1.82) is 0 Å². The number of benzene rings is 2. The summed E-state index contributed by atoms with van der Waals surface area (Å²) < 4.78 is 10.9. The fraction of sp³-hybridized carbons (Fsp3) is 0.423. The molecular formula is C26H30N2O6. The predicted molar refractivity (Wildman–Crippen MR) is 125 cm³/mol. The number of hydrogen-bond acceptors (Lipinski definition) is 5. The van der Waals surface area contributed by atoms with E-state index in [4.69, 9.17) is 9.47 Å². The number of nitrogens with zero attached hydrogens (tertiary/aromatic N) is 1. The molecule has 0 radical (unpaired) electrons. The molecule has 3 unspecified atom stereocenters. The summed E-state index contributed by atoms with van der Waals surface area (Å²) in [5.74, 6) is -1.69. The highest BCUT2D eigenvalue weighted by Crippen LogP contribution is 2.44. The number of fused-ring (bicyclic) bond motifs is 3. The van der Waals surface area contributed by atoms with Crippen LogP contribution in [0.2, 0.25) is 0 Å². The van der Waals surface area contributed by atoms with Gasteiger partial charge in [0.05, 0.1) is 6.10 Å². The first kappa shape index (κ1) is 23.8. The summed E-state index contributed by atoms with van der Waals surface area (Å²) in [4.78, 5) is 38.9. The quantitative estimate of drug-likeness (QED) is 0.649. The summed E-state index contributed by atoms with van der Waals surface area (Å²) >= 11 is 0. The third-order valence-corrected chi connectivity index (χ3v) is 6.87. The van der Waals surface area contributed by atoms with E-state index in [9.17, 15) is 19.5 Å². The van der Waals surface area contributed by atoms with Crippen molar-refractivity contribution in [2.24, 2.45) is 5.41 Å². The van der Waals surface area contributed by atoms with E-state index in [1.165, 1.54) is 12.0 Å². The third kappa shape index (κ3) is 4.14. The summed E-state index contributed by atoms with van der Waals surface area (Å²) in [6, 6.07) is 14.0. The van der Waals surface area contributed by atoms with Crippen LogP contribution in [0, 0.1) is 5.41 Å². The van der Waals surface area contributed by atoms with Gasteiger partial charge < -0.3 is 24.8 Å². The Bertz CT molecular complexity index is 1070. The van der Waals surface area contributed by atoms with Crippen molar-refractivity contribution in [3.05, 3.63) is 59.7 Å². The molecule has 1 heterocycles. The molecule has 2 aliphatic rings. The maximum Gasteiger partial charge on any atom is 0.407 e. The lowest BCUT2D eigenvalue weighted by molar-refractivity contribution is -0.174. The number of aliphatic carboxylic acids is 1. The SMILES string of the molecule is COC(C)C(NC(=O)OCC1c2ccccc2-c2ccccc21)C(=O)N1CC(C)(C)C1C(=O)O. The second-order valence-electron chi connectivity index (χ2n) is 9.58. The highest BCUT2D eigenvalue weighted by molar-refractivity contribution is 5.91.